The van der Waals surface area contributed by atoms with Crippen molar-refractivity contribution in [1.82, 2.24) is 10.0 Å². The van der Waals surface area contributed by atoms with Crippen LogP contribution in [0.15, 0.2) is 0 Å². The second-order valence-electron chi connectivity index (χ2n) is 3.21. The highest BCUT2D eigenvalue weighted by Gasteiger charge is 2.52. The Bertz CT molecular complexity index is 132. The van der Waals surface area contributed by atoms with Gasteiger partial charge in [0.2, 0.25) is 0 Å². The van der Waals surface area contributed by atoms with Gasteiger partial charge in [0.15, 0.2) is 0 Å². The van der Waals surface area contributed by atoms with E-state index < -0.39 is 0 Å². The van der Waals surface area contributed by atoms with Gasteiger partial charge < -0.3 is 5.73 Å². The molecular weight excluding hydrogens is 114 g/mol. The topological polar surface area (TPSA) is 32.0 Å². The third kappa shape index (κ3) is 0.764. The van der Waals surface area contributed by atoms with Crippen LogP contribution in [0.4, 0.5) is 0 Å². The summed E-state index contributed by atoms with van der Waals surface area (Å²) in [6.07, 6.45) is 0. The molecule has 2 fully saturated rings. The molecule has 2 unspecified atom stereocenters. The highest BCUT2D eigenvalue weighted by Crippen LogP contribution is 2.35. The molecule has 0 amide bonds. The number of hydrazine groups is 1. The van der Waals surface area contributed by atoms with Crippen LogP contribution in [-0.4, -0.2) is 41.7 Å². The zero-order chi connectivity index (χ0) is 6.48. The van der Waals surface area contributed by atoms with E-state index in [2.05, 4.69) is 16.9 Å². The molecule has 3 heteroatoms. The first kappa shape index (κ1) is 5.65. The Hall–Kier alpha value is -0.120. The van der Waals surface area contributed by atoms with Gasteiger partial charge in [-0.3, -0.25) is 0 Å². The first-order valence-electron chi connectivity index (χ1n) is 3.49. The summed E-state index contributed by atoms with van der Waals surface area (Å²) in [6.45, 7) is 6.67. The van der Waals surface area contributed by atoms with Crippen LogP contribution in [0.3, 0.4) is 0 Å². The molecule has 9 heavy (non-hydrogen) atoms. The fourth-order valence-electron chi connectivity index (χ4n) is 1.18. The van der Waals surface area contributed by atoms with Crippen LogP contribution < -0.4 is 5.73 Å². The Morgan fingerprint density at radius 3 is 2.56 bits per heavy atom. The van der Waals surface area contributed by atoms with E-state index >= 15 is 0 Å². The Balaban J connectivity index is 1.92. The maximum atomic E-state index is 5.56. The molecule has 2 heterocycles. The molecular formula is C6H13N3. The second kappa shape index (κ2) is 1.48. The molecule has 0 spiro atoms. The SMILES string of the molecule is CC1(CN)CN1N1CC1. The molecule has 0 aromatic carbocycles. The zero-order valence-electron chi connectivity index (χ0n) is 5.80. The molecule has 2 aliphatic rings. The molecule has 2 aliphatic heterocycles. The smallest absolute Gasteiger partial charge is 0.0592 e. The largest absolute Gasteiger partial charge is 0.329 e. The maximum Gasteiger partial charge on any atom is 0.0592 e. The minimum atomic E-state index is 0.330. The third-order valence-electron chi connectivity index (χ3n) is 2.21. The minimum Gasteiger partial charge on any atom is -0.329 e. The van der Waals surface area contributed by atoms with E-state index in [1.807, 2.05) is 0 Å². The maximum absolute atomic E-state index is 5.56. The van der Waals surface area contributed by atoms with Crippen molar-refractivity contribution < 1.29 is 0 Å². The van der Waals surface area contributed by atoms with Crippen molar-refractivity contribution in [2.45, 2.75) is 12.5 Å². The molecule has 0 bridgehead atoms. The number of rotatable bonds is 2. The van der Waals surface area contributed by atoms with Crippen molar-refractivity contribution in [3.63, 3.8) is 0 Å². The summed E-state index contributed by atoms with van der Waals surface area (Å²) in [4.78, 5) is 0. The number of nitrogens with two attached hydrogens (primary N) is 1. The minimum absolute atomic E-state index is 0.330. The second-order valence-corrected chi connectivity index (χ2v) is 3.21. The first-order chi connectivity index (χ1) is 4.26. The molecule has 2 rings (SSSR count). The van der Waals surface area contributed by atoms with E-state index in [1.165, 1.54) is 19.6 Å². The average Bonchev–Trinajstić information content (AvgIpc) is 2.60. The molecule has 2 saturated heterocycles. The van der Waals surface area contributed by atoms with Crippen molar-refractivity contribution in [3.8, 4) is 0 Å². The van der Waals surface area contributed by atoms with E-state index in [4.69, 9.17) is 5.73 Å². The number of nitrogens with zero attached hydrogens (tertiary/aromatic N) is 2. The van der Waals surface area contributed by atoms with E-state index in [9.17, 15) is 0 Å². The molecule has 2 atom stereocenters. The molecule has 0 saturated carbocycles. The molecule has 0 radical (unpaired) electrons. The highest BCUT2D eigenvalue weighted by atomic mass is 15.8. The van der Waals surface area contributed by atoms with Gasteiger partial charge in [0.05, 0.1) is 5.54 Å². The number of hydrogen-bond acceptors (Lipinski definition) is 3. The average molecular weight is 127 g/mol. The van der Waals surface area contributed by atoms with Gasteiger partial charge in [0.25, 0.3) is 0 Å². The first-order valence-corrected chi connectivity index (χ1v) is 3.49. The summed E-state index contributed by atoms with van der Waals surface area (Å²) in [7, 11) is 0. The van der Waals surface area contributed by atoms with Crippen LogP contribution in [0.5, 0.6) is 0 Å². The van der Waals surface area contributed by atoms with Crippen LogP contribution in [0.25, 0.3) is 0 Å². The van der Waals surface area contributed by atoms with Crippen LogP contribution in [-0.2, 0) is 0 Å². The van der Waals surface area contributed by atoms with E-state index in [0.29, 0.717) is 5.54 Å². The number of hydrogen-bond donors (Lipinski definition) is 1. The van der Waals surface area contributed by atoms with Crippen molar-refractivity contribution in [1.29, 1.82) is 0 Å². The Morgan fingerprint density at radius 2 is 2.22 bits per heavy atom. The van der Waals surface area contributed by atoms with Crippen LogP contribution in [0, 0.1) is 0 Å². The van der Waals surface area contributed by atoms with Gasteiger partial charge in [0, 0.05) is 26.2 Å². The lowest BCUT2D eigenvalue weighted by atomic mass is 10.2. The van der Waals surface area contributed by atoms with E-state index in [0.717, 1.165) is 6.54 Å². The fourth-order valence-corrected chi connectivity index (χ4v) is 1.18. The molecule has 0 aromatic heterocycles. The summed E-state index contributed by atoms with van der Waals surface area (Å²) >= 11 is 0. The summed E-state index contributed by atoms with van der Waals surface area (Å²) in [5, 5.41) is 4.69. The Kier molecular flexibility index (Phi) is 0.928. The van der Waals surface area contributed by atoms with Crippen molar-refractivity contribution in [3.05, 3.63) is 0 Å². The summed E-state index contributed by atoms with van der Waals surface area (Å²) in [5.41, 5.74) is 5.89. The van der Waals surface area contributed by atoms with Gasteiger partial charge in [-0.15, -0.1) is 0 Å². The molecule has 0 aromatic rings. The Morgan fingerprint density at radius 1 is 1.56 bits per heavy atom. The monoisotopic (exact) mass is 127 g/mol. The van der Waals surface area contributed by atoms with E-state index in [1.54, 1.807) is 0 Å². The summed E-state index contributed by atoms with van der Waals surface area (Å²) in [5.74, 6) is 0. The van der Waals surface area contributed by atoms with Gasteiger partial charge >= 0.3 is 0 Å². The lowest BCUT2D eigenvalue weighted by Gasteiger charge is -2.08. The van der Waals surface area contributed by atoms with Gasteiger partial charge in [-0.1, -0.05) is 0 Å². The predicted octanol–water partition coefficient (Wildman–Crippen LogP) is -0.750. The van der Waals surface area contributed by atoms with Gasteiger partial charge in [-0.2, -0.15) is 0 Å². The normalized spacial score (nSPS) is 49.3. The standard InChI is InChI=1S/C6H13N3/c1-6(4-7)5-9(6)8-2-3-8/h2-5,7H2,1H3. The summed E-state index contributed by atoms with van der Waals surface area (Å²) in [6, 6.07) is 0. The quantitative estimate of drug-likeness (QED) is 0.495. The van der Waals surface area contributed by atoms with Gasteiger partial charge in [0.1, 0.15) is 0 Å². The van der Waals surface area contributed by atoms with Crippen LogP contribution in [0.1, 0.15) is 6.92 Å². The Labute approximate surface area is 55.4 Å². The summed E-state index contributed by atoms with van der Waals surface area (Å²) < 4.78 is 0. The lowest BCUT2D eigenvalue weighted by molar-refractivity contribution is 0.207. The predicted molar refractivity (Wildman–Crippen MR) is 35.7 cm³/mol. The highest BCUT2D eigenvalue weighted by molar-refractivity contribution is 5.04. The van der Waals surface area contributed by atoms with Crippen LogP contribution >= 0.6 is 0 Å². The molecule has 2 N–H and O–H groups in total. The van der Waals surface area contributed by atoms with Gasteiger partial charge in [-0.25, -0.2) is 10.0 Å². The third-order valence-corrected chi connectivity index (χ3v) is 2.21. The van der Waals surface area contributed by atoms with Crippen molar-refractivity contribution in [2.24, 2.45) is 5.73 Å². The van der Waals surface area contributed by atoms with Gasteiger partial charge in [-0.05, 0) is 6.92 Å². The zero-order valence-corrected chi connectivity index (χ0v) is 5.80. The van der Waals surface area contributed by atoms with Crippen molar-refractivity contribution in [2.75, 3.05) is 26.2 Å². The molecule has 3 nitrogen and oxygen atoms in total. The molecule has 0 aliphatic carbocycles. The lowest BCUT2D eigenvalue weighted by Crippen LogP contribution is -2.27. The van der Waals surface area contributed by atoms with E-state index in [-0.39, 0.29) is 0 Å². The van der Waals surface area contributed by atoms with Crippen LogP contribution in [0.2, 0.25) is 0 Å². The molecule has 52 valence electrons. The fraction of sp³-hybridized carbons (Fsp3) is 1.00. The van der Waals surface area contributed by atoms with Crippen molar-refractivity contribution >= 4 is 0 Å².